The van der Waals surface area contributed by atoms with Gasteiger partial charge in [-0.1, -0.05) is 42.5 Å². The summed E-state index contributed by atoms with van der Waals surface area (Å²) in [7, 11) is 0. The minimum atomic E-state index is -0.327. The van der Waals surface area contributed by atoms with Gasteiger partial charge in [0.15, 0.2) is 5.78 Å². The first-order valence-corrected chi connectivity index (χ1v) is 8.94. The summed E-state index contributed by atoms with van der Waals surface area (Å²) in [5, 5.41) is 4.86. The van der Waals surface area contributed by atoms with Crippen molar-refractivity contribution in [1.82, 2.24) is 10.3 Å². The number of aromatic nitrogens is 1. The van der Waals surface area contributed by atoms with Gasteiger partial charge in [0.25, 0.3) is 0 Å². The van der Waals surface area contributed by atoms with Gasteiger partial charge in [-0.15, -0.1) is 11.3 Å². The Morgan fingerprint density at radius 2 is 1.76 bits per heavy atom. The van der Waals surface area contributed by atoms with Crippen LogP contribution in [0.4, 0.5) is 0 Å². The summed E-state index contributed by atoms with van der Waals surface area (Å²) in [6.07, 6.45) is 2.07. The van der Waals surface area contributed by atoms with E-state index in [-0.39, 0.29) is 30.6 Å². The standard InChI is InChI=1S/C20H18N2O2S/c23-17(18-10-6-14-25-18)11-12-19(24)22-20(15-7-2-1-3-8-15)16-9-4-5-13-21-16/h1-10,13-14,20H,11-12H2,(H,22,24). The van der Waals surface area contributed by atoms with Gasteiger partial charge in [0.2, 0.25) is 5.91 Å². The highest BCUT2D eigenvalue weighted by molar-refractivity contribution is 7.12. The zero-order valence-electron chi connectivity index (χ0n) is 13.6. The second-order valence-electron chi connectivity index (χ2n) is 5.57. The Morgan fingerprint density at radius 1 is 0.960 bits per heavy atom. The summed E-state index contributed by atoms with van der Waals surface area (Å²) in [5.41, 5.74) is 1.73. The van der Waals surface area contributed by atoms with E-state index in [9.17, 15) is 9.59 Å². The number of rotatable bonds is 7. The molecule has 2 heterocycles. The zero-order valence-corrected chi connectivity index (χ0v) is 14.4. The number of ketones is 1. The molecule has 2 aromatic heterocycles. The molecule has 3 aromatic rings. The first-order valence-electron chi connectivity index (χ1n) is 8.06. The third kappa shape index (κ3) is 4.61. The number of carbonyl (C=O) groups is 2. The molecule has 1 N–H and O–H groups in total. The molecule has 1 atom stereocenters. The Kier molecular flexibility index (Phi) is 5.69. The van der Waals surface area contributed by atoms with Crippen LogP contribution in [-0.2, 0) is 4.79 Å². The first kappa shape index (κ1) is 17.0. The predicted octanol–water partition coefficient (Wildman–Crippen LogP) is 4.01. The molecular weight excluding hydrogens is 332 g/mol. The minimum absolute atomic E-state index is 0.000697. The average molecular weight is 350 g/mol. The molecule has 0 fully saturated rings. The number of hydrogen-bond donors (Lipinski definition) is 1. The summed E-state index contributed by atoms with van der Waals surface area (Å²) in [6, 6.07) is 18.6. The molecule has 126 valence electrons. The fourth-order valence-corrected chi connectivity index (χ4v) is 3.24. The van der Waals surface area contributed by atoms with Crippen molar-refractivity contribution >= 4 is 23.0 Å². The molecule has 3 rings (SSSR count). The van der Waals surface area contributed by atoms with Gasteiger partial charge in [0, 0.05) is 19.0 Å². The van der Waals surface area contributed by atoms with Gasteiger partial charge in [0.05, 0.1) is 16.6 Å². The maximum absolute atomic E-state index is 12.4. The van der Waals surface area contributed by atoms with Gasteiger partial charge in [-0.05, 0) is 29.1 Å². The van der Waals surface area contributed by atoms with Crippen molar-refractivity contribution in [3.8, 4) is 0 Å². The first-order chi connectivity index (χ1) is 12.2. The molecule has 25 heavy (non-hydrogen) atoms. The molecule has 0 bridgehead atoms. The second kappa shape index (κ2) is 8.35. The molecule has 0 radical (unpaired) electrons. The van der Waals surface area contributed by atoms with Crippen molar-refractivity contribution in [3.05, 3.63) is 88.4 Å². The van der Waals surface area contributed by atoms with Crippen LogP contribution in [0.5, 0.6) is 0 Å². The van der Waals surface area contributed by atoms with Gasteiger partial charge in [-0.3, -0.25) is 14.6 Å². The van der Waals surface area contributed by atoms with Gasteiger partial charge in [0.1, 0.15) is 0 Å². The number of pyridine rings is 1. The summed E-state index contributed by atoms with van der Waals surface area (Å²) in [5.74, 6) is -0.163. The Balaban J connectivity index is 1.68. The van der Waals surface area contributed by atoms with Gasteiger partial charge >= 0.3 is 0 Å². The number of hydrogen-bond acceptors (Lipinski definition) is 4. The smallest absolute Gasteiger partial charge is 0.221 e. The fourth-order valence-electron chi connectivity index (χ4n) is 2.54. The molecule has 1 aromatic carbocycles. The number of amides is 1. The molecule has 0 aliphatic heterocycles. The van der Waals surface area contributed by atoms with Crippen molar-refractivity contribution in [1.29, 1.82) is 0 Å². The Morgan fingerprint density at radius 3 is 2.44 bits per heavy atom. The van der Waals surface area contributed by atoms with E-state index in [1.54, 1.807) is 12.3 Å². The molecule has 0 aliphatic carbocycles. The molecule has 1 amide bonds. The quantitative estimate of drug-likeness (QED) is 0.655. The summed E-state index contributed by atoms with van der Waals surface area (Å²) >= 11 is 1.40. The SMILES string of the molecule is O=C(CCC(=O)c1cccs1)NC(c1ccccc1)c1ccccn1. The number of thiophene rings is 1. The monoisotopic (exact) mass is 350 g/mol. The lowest BCUT2D eigenvalue weighted by atomic mass is 10.0. The van der Waals surface area contributed by atoms with Crippen molar-refractivity contribution in [2.75, 3.05) is 0 Å². The van der Waals surface area contributed by atoms with E-state index in [0.717, 1.165) is 11.3 Å². The largest absolute Gasteiger partial charge is 0.344 e. The normalized spacial score (nSPS) is 11.7. The highest BCUT2D eigenvalue weighted by Gasteiger charge is 2.18. The third-order valence-corrected chi connectivity index (χ3v) is 4.71. The maximum Gasteiger partial charge on any atom is 0.221 e. The average Bonchev–Trinajstić information content (AvgIpc) is 3.20. The highest BCUT2D eigenvalue weighted by atomic mass is 32.1. The minimum Gasteiger partial charge on any atom is -0.344 e. The molecule has 4 nitrogen and oxygen atoms in total. The molecule has 1 unspecified atom stereocenters. The molecule has 0 aliphatic rings. The third-order valence-electron chi connectivity index (χ3n) is 3.80. The van der Waals surface area contributed by atoms with Crippen LogP contribution in [0.2, 0.25) is 0 Å². The Hall–Kier alpha value is -2.79. The summed E-state index contributed by atoms with van der Waals surface area (Å²) < 4.78 is 0. The summed E-state index contributed by atoms with van der Waals surface area (Å²) in [4.78, 5) is 29.5. The molecule has 0 saturated heterocycles. The highest BCUT2D eigenvalue weighted by Crippen LogP contribution is 2.20. The van der Waals surface area contributed by atoms with E-state index < -0.39 is 0 Å². The number of nitrogens with zero attached hydrogens (tertiary/aromatic N) is 1. The van der Waals surface area contributed by atoms with Crippen LogP contribution in [0, 0.1) is 0 Å². The van der Waals surface area contributed by atoms with E-state index in [0.29, 0.717) is 4.88 Å². The van der Waals surface area contributed by atoms with Crippen molar-refractivity contribution < 1.29 is 9.59 Å². The van der Waals surface area contributed by atoms with Crippen molar-refractivity contribution in [2.45, 2.75) is 18.9 Å². The van der Waals surface area contributed by atoms with E-state index in [1.807, 2.05) is 60.0 Å². The number of nitrogens with one attached hydrogen (secondary N) is 1. The van der Waals surface area contributed by atoms with E-state index in [2.05, 4.69) is 10.3 Å². The van der Waals surface area contributed by atoms with E-state index in [4.69, 9.17) is 0 Å². The van der Waals surface area contributed by atoms with Crippen molar-refractivity contribution in [2.24, 2.45) is 0 Å². The zero-order chi connectivity index (χ0) is 17.5. The lowest BCUT2D eigenvalue weighted by Gasteiger charge is -2.18. The van der Waals surface area contributed by atoms with Gasteiger partial charge in [-0.25, -0.2) is 0 Å². The summed E-state index contributed by atoms with van der Waals surface area (Å²) in [6.45, 7) is 0. The maximum atomic E-state index is 12.4. The second-order valence-corrected chi connectivity index (χ2v) is 6.51. The van der Waals surface area contributed by atoms with Crippen LogP contribution in [0.25, 0.3) is 0 Å². The van der Waals surface area contributed by atoms with E-state index >= 15 is 0 Å². The Labute approximate surface area is 150 Å². The molecule has 0 saturated carbocycles. The number of benzene rings is 1. The molecule has 0 spiro atoms. The molecular formula is C20H18N2O2S. The lowest BCUT2D eigenvalue weighted by molar-refractivity contribution is -0.121. The van der Waals surface area contributed by atoms with Gasteiger partial charge < -0.3 is 5.32 Å². The number of carbonyl (C=O) groups excluding carboxylic acids is 2. The topological polar surface area (TPSA) is 59.1 Å². The van der Waals surface area contributed by atoms with Crippen LogP contribution in [-0.4, -0.2) is 16.7 Å². The predicted molar refractivity (Wildman–Crippen MR) is 98.5 cm³/mol. The van der Waals surface area contributed by atoms with Crippen molar-refractivity contribution in [3.63, 3.8) is 0 Å². The van der Waals surface area contributed by atoms with E-state index in [1.165, 1.54) is 11.3 Å². The van der Waals surface area contributed by atoms with Crippen LogP contribution in [0.3, 0.4) is 0 Å². The molecule has 5 heteroatoms. The van der Waals surface area contributed by atoms with Crippen LogP contribution >= 0.6 is 11.3 Å². The van der Waals surface area contributed by atoms with Crippen LogP contribution < -0.4 is 5.32 Å². The fraction of sp³-hybridized carbons (Fsp3) is 0.150. The number of Topliss-reactive ketones (excluding diaryl/α,β-unsaturated/α-hetero) is 1. The van der Waals surface area contributed by atoms with Crippen LogP contribution in [0.15, 0.2) is 72.2 Å². The lowest BCUT2D eigenvalue weighted by Crippen LogP contribution is -2.30. The van der Waals surface area contributed by atoms with Crippen LogP contribution in [0.1, 0.15) is 39.8 Å². The van der Waals surface area contributed by atoms with Gasteiger partial charge in [-0.2, -0.15) is 0 Å². The Bertz CT molecular complexity index is 778.